The third-order valence-electron chi connectivity index (χ3n) is 3.56. The molecule has 0 aromatic heterocycles. The molecule has 2 aromatic carbocycles. The summed E-state index contributed by atoms with van der Waals surface area (Å²) in [5.74, 6) is 1.20. The minimum absolute atomic E-state index is 0.489. The summed E-state index contributed by atoms with van der Waals surface area (Å²) in [6.07, 6.45) is -0.209. The summed E-state index contributed by atoms with van der Waals surface area (Å²) >= 11 is 3.48. The molecule has 0 heterocycles. The third kappa shape index (κ3) is 3.80. The van der Waals surface area contributed by atoms with Gasteiger partial charge in [-0.3, -0.25) is 0 Å². The second-order valence-electron chi connectivity index (χ2n) is 5.01. The number of aliphatic hydroxyl groups is 1. The Labute approximate surface area is 139 Å². The predicted octanol–water partition coefficient (Wildman–Crippen LogP) is 3.07. The van der Waals surface area contributed by atoms with Crippen LogP contribution in [0.2, 0.25) is 0 Å². The maximum atomic E-state index is 10.4. The van der Waals surface area contributed by atoms with E-state index in [-0.39, 0.29) is 0 Å². The van der Waals surface area contributed by atoms with Crippen molar-refractivity contribution in [2.75, 3.05) is 14.2 Å². The van der Waals surface area contributed by atoms with Gasteiger partial charge in [0.25, 0.3) is 0 Å². The van der Waals surface area contributed by atoms with E-state index in [4.69, 9.17) is 15.2 Å². The molecule has 2 rings (SSSR count). The Morgan fingerprint density at radius 1 is 1.09 bits per heavy atom. The van der Waals surface area contributed by atoms with Gasteiger partial charge in [0, 0.05) is 10.9 Å². The van der Waals surface area contributed by atoms with Gasteiger partial charge in [-0.25, -0.2) is 0 Å². The highest BCUT2D eigenvalue weighted by molar-refractivity contribution is 9.10. The van der Waals surface area contributed by atoms with Gasteiger partial charge in [-0.1, -0.05) is 46.3 Å². The smallest absolute Gasteiger partial charge is 0.161 e. The largest absolute Gasteiger partial charge is 0.493 e. The van der Waals surface area contributed by atoms with Gasteiger partial charge in [-0.05, 0) is 23.3 Å². The van der Waals surface area contributed by atoms with Crippen LogP contribution in [0, 0.1) is 0 Å². The second kappa shape index (κ2) is 7.63. The molecule has 0 aliphatic heterocycles. The van der Waals surface area contributed by atoms with E-state index in [9.17, 15) is 5.11 Å². The van der Waals surface area contributed by atoms with Crippen molar-refractivity contribution in [1.82, 2.24) is 0 Å². The van der Waals surface area contributed by atoms with Gasteiger partial charge in [-0.2, -0.15) is 0 Å². The first kappa shape index (κ1) is 16.8. The molecule has 0 spiro atoms. The molecule has 2 aromatic rings. The average molecular weight is 366 g/mol. The Bertz CT molecular complexity index is 619. The zero-order valence-corrected chi connectivity index (χ0v) is 14.2. The summed E-state index contributed by atoms with van der Waals surface area (Å²) in [5, 5.41) is 10.4. The highest BCUT2D eigenvalue weighted by atomic mass is 79.9. The SMILES string of the molecule is COc1cc(Br)c([C@@H](N)[C@@H](O)Cc2ccccc2)cc1OC. The van der Waals surface area contributed by atoms with Gasteiger partial charge < -0.3 is 20.3 Å². The van der Waals surface area contributed by atoms with Gasteiger partial charge in [0.1, 0.15) is 0 Å². The molecular weight excluding hydrogens is 346 g/mol. The molecule has 0 saturated carbocycles. The van der Waals surface area contributed by atoms with Crippen molar-refractivity contribution in [2.45, 2.75) is 18.6 Å². The van der Waals surface area contributed by atoms with Crippen molar-refractivity contribution < 1.29 is 14.6 Å². The molecule has 0 unspecified atom stereocenters. The fourth-order valence-electron chi connectivity index (χ4n) is 2.32. The average Bonchev–Trinajstić information content (AvgIpc) is 2.54. The molecule has 0 saturated heterocycles. The van der Waals surface area contributed by atoms with E-state index >= 15 is 0 Å². The van der Waals surface area contributed by atoms with Crippen molar-refractivity contribution in [2.24, 2.45) is 5.73 Å². The van der Waals surface area contributed by atoms with E-state index < -0.39 is 12.1 Å². The Morgan fingerprint density at radius 2 is 1.68 bits per heavy atom. The van der Waals surface area contributed by atoms with Gasteiger partial charge >= 0.3 is 0 Å². The molecule has 5 heteroatoms. The van der Waals surface area contributed by atoms with E-state index in [2.05, 4.69) is 15.9 Å². The standard InChI is InChI=1S/C17H20BrNO3/c1-21-15-9-12(13(18)10-16(15)22-2)17(19)14(20)8-11-6-4-3-5-7-11/h3-7,9-10,14,17,20H,8,19H2,1-2H3/t14-,17+/m0/s1. The fraction of sp³-hybridized carbons (Fsp3) is 0.294. The van der Waals surface area contributed by atoms with E-state index in [0.717, 1.165) is 15.6 Å². The van der Waals surface area contributed by atoms with Crippen LogP contribution in [0.4, 0.5) is 0 Å². The summed E-state index contributed by atoms with van der Waals surface area (Å²) in [6.45, 7) is 0. The van der Waals surface area contributed by atoms with Crippen LogP contribution >= 0.6 is 15.9 Å². The number of hydrogen-bond acceptors (Lipinski definition) is 4. The van der Waals surface area contributed by atoms with E-state index in [0.29, 0.717) is 17.9 Å². The van der Waals surface area contributed by atoms with Crippen molar-refractivity contribution in [3.05, 3.63) is 58.1 Å². The van der Waals surface area contributed by atoms with E-state index in [1.807, 2.05) is 30.3 Å². The minimum atomic E-state index is -0.697. The Hall–Kier alpha value is -1.56. The molecular formula is C17H20BrNO3. The number of hydrogen-bond donors (Lipinski definition) is 2. The van der Waals surface area contributed by atoms with Crippen LogP contribution in [-0.4, -0.2) is 25.4 Å². The molecule has 3 N–H and O–H groups in total. The minimum Gasteiger partial charge on any atom is -0.493 e. The second-order valence-corrected chi connectivity index (χ2v) is 5.87. The lowest BCUT2D eigenvalue weighted by Gasteiger charge is -2.22. The summed E-state index contributed by atoms with van der Waals surface area (Å²) in [7, 11) is 3.15. The maximum absolute atomic E-state index is 10.4. The number of halogens is 1. The molecule has 118 valence electrons. The summed E-state index contributed by atoms with van der Waals surface area (Å²) in [6, 6.07) is 12.8. The molecule has 0 aliphatic carbocycles. The van der Waals surface area contributed by atoms with Crippen molar-refractivity contribution in [3.63, 3.8) is 0 Å². The van der Waals surface area contributed by atoms with Gasteiger partial charge in [0.2, 0.25) is 0 Å². The molecule has 22 heavy (non-hydrogen) atoms. The van der Waals surface area contributed by atoms with Crippen LogP contribution in [-0.2, 0) is 6.42 Å². The lowest BCUT2D eigenvalue weighted by atomic mass is 9.96. The number of rotatable bonds is 6. The van der Waals surface area contributed by atoms with Crippen molar-refractivity contribution in [3.8, 4) is 11.5 Å². The van der Waals surface area contributed by atoms with Crippen LogP contribution in [0.25, 0.3) is 0 Å². The Morgan fingerprint density at radius 3 is 2.27 bits per heavy atom. The third-order valence-corrected chi connectivity index (χ3v) is 4.25. The normalized spacial score (nSPS) is 13.5. The van der Waals surface area contributed by atoms with Crippen LogP contribution in [0.5, 0.6) is 11.5 Å². The number of methoxy groups -OCH3 is 2. The van der Waals surface area contributed by atoms with Crippen molar-refractivity contribution in [1.29, 1.82) is 0 Å². The van der Waals surface area contributed by atoms with Gasteiger partial charge in [-0.15, -0.1) is 0 Å². The van der Waals surface area contributed by atoms with Crippen LogP contribution in [0.1, 0.15) is 17.2 Å². The topological polar surface area (TPSA) is 64.7 Å². The quantitative estimate of drug-likeness (QED) is 0.825. The summed E-state index contributed by atoms with van der Waals surface area (Å²) in [5.41, 5.74) is 8.05. The zero-order valence-electron chi connectivity index (χ0n) is 12.6. The number of ether oxygens (including phenoxy) is 2. The first-order valence-electron chi connectivity index (χ1n) is 6.95. The molecule has 2 atom stereocenters. The first-order valence-corrected chi connectivity index (χ1v) is 7.75. The van der Waals surface area contributed by atoms with Gasteiger partial charge in [0.15, 0.2) is 11.5 Å². The van der Waals surface area contributed by atoms with Crippen LogP contribution in [0.3, 0.4) is 0 Å². The molecule has 0 aliphatic rings. The van der Waals surface area contributed by atoms with E-state index in [1.165, 1.54) is 0 Å². The van der Waals surface area contributed by atoms with Crippen LogP contribution < -0.4 is 15.2 Å². The predicted molar refractivity (Wildman–Crippen MR) is 90.3 cm³/mol. The number of benzene rings is 2. The van der Waals surface area contributed by atoms with Crippen molar-refractivity contribution >= 4 is 15.9 Å². The molecule has 0 fully saturated rings. The Balaban J connectivity index is 2.23. The maximum Gasteiger partial charge on any atom is 0.161 e. The highest BCUT2D eigenvalue weighted by Crippen LogP contribution is 2.36. The molecule has 0 bridgehead atoms. The summed E-state index contributed by atoms with van der Waals surface area (Å²) in [4.78, 5) is 0. The lowest BCUT2D eigenvalue weighted by Crippen LogP contribution is -2.28. The van der Waals surface area contributed by atoms with Crippen LogP contribution in [0.15, 0.2) is 46.9 Å². The Kier molecular flexibility index (Phi) is 5.83. The fourth-order valence-corrected chi connectivity index (χ4v) is 2.90. The molecule has 4 nitrogen and oxygen atoms in total. The molecule has 0 radical (unpaired) electrons. The highest BCUT2D eigenvalue weighted by Gasteiger charge is 2.22. The number of aliphatic hydroxyl groups excluding tert-OH is 1. The number of nitrogens with two attached hydrogens (primary N) is 1. The lowest BCUT2D eigenvalue weighted by molar-refractivity contribution is 0.144. The monoisotopic (exact) mass is 365 g/mol. The summed E-state index contributed by atoms with van der Waals surface area (Å²) < 4.78 is 11.3. The zero-order chi connectivity index (χ0) is 16.1. The van der Waals surface area contributed by atoms with E-state index in [1.54, 1.807) is 26.4 Å². The van der Waals surface area contributed by atoms with Gasteiger partial charge in [0.05, 0.1) is 26.4 Å². The molecule has 0 amide bonds. The first-order chi connectivity index (χ1) is 10.6.